The highest BCUT2D eigenvalue weighted by Gasteiger charge is 2.26. The fourth-order valence-corrected chi connectivity index (χ4v) is 3.95. The normalized spacial score (nSPS) is 15.2. The van der Waals surface area contributed by atoms with Gasteiger partial charge in [0.15, 0.2) is 6.61 Å². The van der Waals surface area contributed by atoms with Gasteiger partial charge in [-0.15, -0.1) is 0 Å². The predicted molar refractivity (Wildman–Crippen MR) is 111 cm³/mol. The fraction of sp³-hybridized carbons (Fsp3) is 0.391. The second kappa shape index (κ2) is 7.66. The molecule has 2 heterocycles. The van der Waals surface area contributed by atoms with E-state index in [1.54, 1.807) is 0 Å². The smallest absolute Gasteiger partial charge is 0.260 e. The highest BCUT2D eigenvalue weighted by molar-refractivity contribution is 5.78. The maximum atomic E-state index is 12.6. The van der Waals surface area contributed by atoms with Crippen molar-refractivity contribution in [3.63, 3.8) is 0 Å². The molecule has 1 aliphatic rings. The number of aryl methyl sites for hydroxylation is 2. The molecule has 0 bridgehead atoms. The van der Waals surface area contributed by atoms with E-state index in [1.807, 2.05) is 43.0 Å². The lowest BCUT2D eigenvalue weighted by Gasteiger charge is -2.31. The Morgan fingerprint density at radius 2 is 1.93 bits per heavy atom. The van der Waals surface area contributed by atoms with Crippen molar-refractivity contribution in [3.05, 3.63) is 58.9 Å². The number of hydrogen-bond donors (Lipinski definition) is 1. The van der Waals surface area contributed by atoms with Crippen molar-refractivity contribution in [2.45, 2.75) is 39.5 Å². The van der Waals surface area contributed by atoms with Gasteiger partial charge in [-0.2, -0.15) is 0 Å². The molecule has 28 heavy (non-hydrogen) atoms. The van der Waals surface area contributed by atoms with Gasteiger partial charge in [0.1, 0.15) is 11.6 Å². The second-order valence-corrected chi connectivity index (χ2v) is 7.79. The lowest BCUT2D eigenvalue weighted by atomic mass is 9.96. The number of nitrogens with one attached hydrogen (secondary N) is 1. The Morgan fingerprint density at radius 3 is 2.68 bits per heavy atom. The van der Waals surface area contributed by atoms with Crippen LogP contribution < -0.4 is 4.74 Å². The van der Waals surface area contributed by atoms with E-state index < -0.39 is 0 Å². The molecule has 0 saturated carbocycles. The molecular weight excluding hydrogens is 350 g/mol. The van der Waals surface area contributed by atoms with Crippen molar-refractivity contribution in [1.29, 1.82) is 0 Å². The number of aromatic amines is 1. The Hall–Kier alpha value is -2.82. The third-order valence-corrected chi connectivity index (χ3v) is 5.76. The van der Waals surface area contributed by atoms with Crippen molar-refractivity contribution >= 4 is 16.9 Å². The molecule has 1 fully saturated rings. The van der Waals surface area contributed by atoms with Gasteiger partial charge in [0.2, 0.25) is 0 Å². The maximum absolute atomic E-state index is 12.6. The molecule has 4 rings (SSSR count). The number of amides is 1. The fourth-order valence-electron chi connectivity index (χ4n) is 3.95. The number of carbonyl (C=O) groups is 1. The van der Waals surface area contributed by atoms with E-state index in [4.69, 9.17) is 9.72 Å². The molecule has 1 aliphatic heterocycles. The van der Waals surface area contributed by atoms with E-state index in [2.05, 4.69) is 24.0 Å². The molecule has 1 saturated heterocycles. The van der Waals surface area contributed by atoms with Crippen LogP contribution in [0.1, 0.15) is 41.3 Å². The van der Waals surface area contributed by atoms with Crippen molar-refractivity contribution < 1.29 is 9.53 Å². The van der Waals surface area contributed by atoms with Crippen LogP contribution in [-0.2, 0) is 4.79 Å². The van der Waals surface area contributed by atoms with Crippen molar-refractivity contribution in [2.24, 2.45) is 0 Å². The molecule has 3 aromatic rings. The number of nitrogens with zero attached hydrogens (tertiary/aromatic N) is 2. The summed E-state index contributed by atoms with van der Waals surface area (Å²) in [6.07, 6.45) is 1.85. The number of ether oxygens (including phenoxy) is 1. The number of piperidine rings is 1. The average Bonchev–Trinajstić information content (AvgIpc) is 3.13. The van der Waals surface area contributed by atoms with Crippen LogP contribution in [-0.4, -0.2) is 40.5 Å². The zero-order valence-corrected chi connectivity index (χ0v) is 16.8. The molecule has 0 aliphatic carbocycles. The molecule has 0 radical (unpaired) electrons. The standard InChI is InChI=1S/C23H27N3O2/c1-15-12-16(2)17(3)21(13-15)28-14-22(27)26-10-8-18(9-11-26)23-24-19-6-4-5-7-20(19)25-23/h4-7,12-13,18H,8-11,14H2,1-3H3,(H,24,25). The maximum Gasteiger partial charge on any atom is 0.260 e. The molecule has 0 atom stereocenters. The Kier molecular flexibility index (Phi) is 5.07. The van der Waals surface area contributed by atoms with Gasteiger partial charge in [-0.25, -0.2) is 4.98 Å². The minimum absolute atomic E-state index is 0.0571. The minimum Gasteiger partial charge on any atom is -0.483 e. The molecule has 0 spiro atoms. The number of imidazole rings is 1. The van der Waals surface area contributed by atoms with Gasteiger partial charge >= 0.3 is 0 Å². The Morgan fingerprint density at radius 1 is 1.18 bits per heavy atom. The summed E-state index contributed by atoms with van der Waals surface area (Å²) in [5.74, 6) is 2.28. The SMILES string of the molecule is Cc1cc(C)c(C)c(OCC(=O)N2CCC(c3nc4ccccc4[nH]3)CC2)c1. The van der Waals surface area contributed by atoms with Crippen LogP contribution in [0.15, 0.2) is 36.4 Å². The first-order valence-corrected chi connectivity index (χ1v) is 9.94. The van der Waals surface area contributed by atoms with Crippen LogP contribution in [0.2, 0.25) is 0 Å². The van der Waals surface area contributed by atoms with Gasteiger partial charge in [-0.3, -0.25) is 4.79 Å². The van der Waals surface area contributed by atoms with Crippen LogP contribution in [0, 0.1) is 20.8 Å². The van der Waals surface area contributed by atoms with Crippen molar-refractivity contribution in [1.82, 2.24) is 14.9 Å². The molecule has 0 unspecified atom stereocenters. The van der Waals surface area contributed by atoms with E-state index in [9.17, 15) is 4.79 Å². The first-order valence-electron chi connectivity index (χ1n) is 9.94. The van der Waals surface area contributed by atoms with E-state index in [0.717, 1.165) is 59.7 Å². The number of fused-ring (bicyclic) bond motifs is 1. The first kappa shape index (κ1) is 18.5. The number of H-pyrrole nitrogens is 1. The van der Waals surface area contributed by atoms with Gasteiger partial charge in [0.25, 0.3) is 5.91 Å². The van der Waals surface area contributed by atoms with Gasteiger partial charge in [0.05, 0.1) is 11.0 Å². The van der Waals surface area contributed by atoms with E-state index in [0.29, 0.717) is 5.92 Å². The lowest BCUT2D eigenvalue weighted by molar-refractivity contribution is -0.134. The summed E-state index contributed by atoms with van der Waals surface area (Å²) in [6.45, 7) is 7.74. The summed E-state index contributed by atoms with van der Waals surface area (Å²) in [5.41, 5.74) is 5.52. The summed E-state index contributed by atoms with van der Waals surface area (Å²) in [6, 6.07) is 12.2. The molecular formula is C23H27N3O2. The van der Waals surface area contributed by atoms with Crippen LogP contribution in [0.4, 0.5) is 0 Å². The Bertz CT molecular complexity index is 967. The van der Waals surface area contributed by atoms with Crippen LogP contribution in [0.25, 0.3) is 11.0 Å². The Labute approximate surface area is 165 Å². The molecule has 5 heteroatoms. The number of rotatable bonds is 4. The molecule has 2 aromatic carbocycles. The number of carbonyl (C=O) groups excluding carboxylic acids is 1. The lowest BCUT2D eigenvalue weighted by Crippen LogP contribution is -2.40. The molecule has 1 amide bonds. The van der Waals surface area contributed by atoms with Crippen LogP contribution in [0.5, 0.6) is 5.75 Å². The quantitative estimate of drug-likeness (QED) is 0.738. The van der Waals surface area contributed by atoms with E-state index >= 15 is 0 Å². The summed E-state index contributed by atoms with van der Waals surface area (Å²) >= 11 is 0. The zero-order chi connectivity index (χ0) is 19.7. The predicted octanol–water partition coefficient (Wildman–Crippen LogP) is 4.27. The summed E-state index contributed by atoms with van der Waals surface area (Å²) in [5, 5.41) is 0. The molecule has 1 aromatic heterocycles. The number of likely N-dealkylation sites (tertiary alicyclic amines) is 1. The molecule has 146 valence electrons. The largest absolute Gasteiger partial charge is 0.483 e. The number of aromatic nitrogens is 2. The topological polar surface area (TPSA) is 58.2 Å². The van der Waals surface area contributed by atoms with Crippen molar-refractivity contribution in [2.75, 3.05) is 19.7 Å². The Balaban J connectivity index is 1.34. The van der Waals surface area contributed by atoms with Gasteiger partial charge < -0.3 is 14.6 Å². The van der Waals surface area contributed by atoms with Crippen molar-refractivity contribution in [3.8, 4) is 5.75 Å². The van der Waals surface area contributed by atoms with E-state index in [1.165, 1.54) is 5.56 Å². The highest BCUT2D eigenvalue weighted by atomic mass is 16.5. The monoisotopic (exact) mass is 377 g/mol. The number of benzene rings is 2. The number of para-hydroxylation sites is 2. The van der Waals surface area contributed by atoms with Gasteiger partial charge in [-0.05, 0) is 68.5 Å². The minimum atomic E-state index is 0.0571. The van der Waals surface area contributed by atoms with E-state index in [-0.39, 0.29) is 12.5 Å². The van der Waals surface area contributed by atoms with Gasteiger partial charge in [-0.1, -0.05) is 18.2 Å². The molecule has 1 N–H and O–H groups in total. The van der Waals surface area contributed by atoms with Crippen LogP contribution >= 0.6 is 0 Å². The molecule has 5 nitrogen and oxygen atoms in total. The summed E-state index contributed by atoms with van der Waals surface area (Å²) in [7, 11) is 0. The summed E-state index contributed by atoms with van der Waals surface area (Å²) in [4.78, 5) is 22.7. The third-order valence-electron chi connectivity index (χ3n) is 5.76. The zero-order valence-electron chi connectivity index (χ0n) is 16.8. The van der Waals surface area contributed by atoms with Gasteiger partial charge in [0, 0.05) is 19.0 Å². The average molecular weight is 377 g/mol. The third kappa shape index (κ3) is 3.75. The first-order chi connectivity index (χ1) is 13.5. The highest BCUT2D eigenvalue weighted by Crippen LogP contribution is 2.28. The summed E-state index contributed by atoms with van der Waals surface area (Å²) < 4.78 is 5.86. The van der Waals surface area contributed by atoms with Crippen LogP contribution in [0.3, 0.4) is 0 Å². The number of hydrogen-bond acceptors (Lipinski definition) is 3. The second-order valence-electron chi connectivity index (χ2n) is 7.79.